The Balaban J connectivity index is 1.79. The number of likely N-dealkylation sites (N-methyl/N-ethyl adjacent to an activating group) is 1. The fraction of sp³-hybridized carbons (Fsp3) is 0.333. The van der Waals surface area contributed by atoms with Crippen molar-refractivity contribution in [2.24, 2.45) is 0 Å². The summed E-state index contributed by atoms with van der Waals surface area (Å²) in [6, 6.07) is 11.4. The monoisotopic (exact) mass is 556 g/mol. The van der Waals surface area contributed by atoms with Crippen molar-refractivity contribution in [1.82, 2.24) is 9.80 Å². The van der Waals surface area contributed by atoms with Crippen molar-refractivity contribution in [3.63, 3.8) is 0 Å². The van der Waals surface area contributed by atoms with Gasteiger partial charge in [-0.3, -0.25) is 9.59 Å². The van der Waals surface area contributed by atoms with Gasteiger partial charge in [-0.2, -0.15) is 0 Å². The number of hydrogen-bond acceptors (Lipinski definition) is 7. The summed E-state index contributed by atoms with van der Waals surface area (Å²) in [7, 11) is 3.05. The zero-order valence-electron chi connectivity index (χ0n) is 20.7. The average Bonchev–Trinajstić information content (AvgIpc) is 3.42. The summed E-state index contributed by atoms with van der Waals surface area (Å²) in [5.74, 6) is -0.681. The van der Waals surface area contributed by atoms with E-state index < -0.39 is 23.5 Å². The van der Waals surface area contributed by atoms with Gasteiger partial charge in [-0.1, -0.05) is 35.8 Å². The van der Waals surface area contributed by atoms with Crippen LogP contribution in [0.25, 0.3) is 11.0 Å². The molecule has 0 bridgehead atoms. The van der Waals surface area contributed by atoms with Crippen LogP contribution in [-0.2, 0) is 4.79 Å². The molecule has 0 saturated carbocycles. The number of fused-ring (bicyclic) bond motifs is 1. The summed E-state index contributed by atoms with van der Waals surface area (Å²) >= 11 is 3.42. The first-order chi connectivity index (χ1) is 17.3. The molecular weight excluding hydrogens is 528 g/mol. The van der Waals surface area contributed by atoms with Crippen LogP contribution in [0.2, 0.25) is 0 Å². The molecule has 1 aliphatic heterocycles. The number of rotatable bonds is 10. The van der Waals surface area contributed by atoms with E-state index in [1.54, 1.807) is 30.3 Å². The molecule has 0 aliphatic carbocycles. The second-order valence-electron chi connectivity index (χ2n) is 8.43. The van der Waals surface area contributed by atoms with E-state index in [1.807, 2.05) is 26.0 Å². The highest BCUT2D eigenvalue weighted by Gasteiger charge is 2.44. The molecule has 190 valence electrons. The largest absolute Gasteiger partial charge is 0.503 e. The summed E-state index contributed by atoms with van der Waals surface area (Å²) < 4.78 is 17.5. The van der Waals surface area contributed by atoms with Crippen LogP contribution in [0.3, 0.4) is 0 Å². The third kappa shape index (κ3) is 4.73. The van der Waals surface area contributed by atoms with Crippen molar-refractivity contribution in [3.05, 3.63) is 69.6 Å². The number of aliphatic hydroxyl groups excluding tert-OH is 1. The van der Waals surface area contributed by atoms with E-state index in [2.05, 4.69) is 20.8 Å². The van der Waals surface area contributed by atoms with Gasteiger partial charge in [0.15, 0.2) is 23.0 Å². The maximum absolute atomic E-state index is 13.7. The number of ether oxygens (including phenoxy) is 2. The first kappa shape index (κ1) is 25.8. The fourth-order valence-corrected chi connectivity index (χ4v) is 4.91. The number of carbonyl (C=O) groups excluding carboxylic acids is 2. The Bertz CT molecular complexity index is 1330. The molecule has 3 aromatic rings. The Morgan fingerprint density at radius 3 is 2.47 bits per heavy atom. The van der Waals surface area contributed by atoms with E-state index in [4.69, 9.17) is 13.9 Å². The number of benzene rings is 2. The smallest absolute Gasteiger partial charge is 0.290 e. The van der Waals surface area contributed by atoms with E-state index in [-0.39, 0.29) is 11.3 Å². The van der Waals surface area contributed by atoms with Crippen molar-refractivity contribution in [1.29, 1.82) is 0 Å². The summed E-state index contributed by atoms with van der Waals surface area (Å²) in [5, 5.41) is 11.7. The summed E-state index contributed by atoms with van der Waals surface area (Å²) in [6.07, 6.45) is 0. The van der Waals surface area contributed by atoms with E-state index in [1.165, 1.54) is 19.1 Å². The predicted molar refractivity (Wildman–Crippen MR) is 140 cm³/mol. The average molecular weight is 557 g/mol. The highest BCUT2D eigenvalue weighted by molar-refractivity contribution is 9.10. The maximum Gasteiger partial charge on any atom is 0.290 e. The van der Waals surface area contributed by atoms with Crippen molar-refractivity contribution in [3.8, 4) is 11.5 Å². The standard InChI is InChI=1S/C27H29BrN2O6/c1-5-29(6-2)11-12-30-24(16-7-9-20(34-3)21(14-16)35-4)23(26(32)27(30)33)25(31)22-15-17-13-18(28)8-10-19(17)36-22/h7-10,13-15,24,32H,5-6,11-12H2,1-4H3. The van der Waals surface area contributed by atoms with Gasteiger partial charge in [-0.25, -0.2) is 0 Å². The summed E-state index contributed by atoms with van der Waals surface area (Å²) in [5.41, 5.74) is 1.13. The van der Waals surface area contributed by atoms with E-state index in [9.17, 15) is 14.7 Å². The normalized spacial score (nSPS) is 15.9. The van der Waals surface area contributed by atoms with Crippen LogP contribution in [0.1, 0.15) is 36.0 Å². The Morgan fingerprint density at radius 2 is 1.81 bits per heavy atom. The zero-order valence-corrected chi connectivity index (χ0v) is 22.3. The van der Waals surface area contributed by atoms with Crippen molar-refractivity contribution >= 4 is 38.6 Å². The van der Waals surface area contributed by atoms with Gasteiger partial charge in [0.2, 0.25) is 5.78 Å². The third-order valence-corrected chi connectivity index (χ3v) is 7.02. The Kier molecular flexibility index (Phi) is 7.70. The summed E-state index contributed by atoms with van der Waals surface area (Å²) in [4.78, 5) is 30.7. The molecule has 1 aliphatic rings. The fourth-order valence-electron chi connectivity index (χ4n) is 4.53. The molecule has 0 spiro atoms. The molecule has 0 saturated heterocycles. The van der Waals surface area contributed by atoms with Gasteiger partial charge in [-0.15, -0.1) is 0 Å². The number of methoxy groups -OCH3 is 2. The minimum Gasteiger partial charge on any atom is -0.503 e. The minimum absolute atomic E-state index is 0.0233. The molecule has 0 fully saturated rings. The first-order valence-electron chi connectivity index (χ1n) is 11.7. The Labute approximate surface area is 218 Å². The number of halogens is 1. The van der Waals surface area contributed by atoms with Crippen LogP contribution in [0.5, 0.6) is 11.5 Å². The topological polar surface area (TPSA) is 92.5 Å². The van der Waals surface area contributed by atoms with Crippen LogP contribution < -0.4 is 9.47 Å². The highest BCUT2D eigenvalue weighted by Crippen LogP contribution is 2.42. The minimum atomic E-state index is -0.819. The van der Waals surface area contributed by atoms with Gasteiger partial charge in [0.05, 0.1) is 25.8 Å². The molecule has 9 heteroatoms. The lowest BCUT2D eigenvalue weighted by atomic mass is 9.94. The van der Waals surface area contributed by atoms with Gasteiger partial charge < -0.3 is 28.8 Å². The van der Waals surface area contributed by atoms with Gasteiger partial charge in [-0.05, 0) is 55.1 Å². The van der Waals surface area contributed by atoms with Crippen molar-refractivity contribution in [2.75, 3.05) is 40.4 Å². The molecule has 36 heavy (non-hydrogen) atoms. The van der Waals surface area contributed by atoms with Crippen LogP contribution in [0, 0.1) is 0 Å². The zero-order chi connectivity index (χ0) is 26.0. The number of hydrogen-bond donors (Lipinski definition) is 1. The predicted octanol–water partition coefficient (Wildman–Crippen LogP) is 5.13. The second-order valence-corrected chi connectivity index (χ2v) is 9.34. The maximum atomic E-state index is 13.7. The number of aliphatic hydroxyl groups is 1. The Hall–Kier alpha value is -3.30. The van der Waals surface area contributed by atoms with Gasteiger partial charge in [0, 0.05) is 22.9 Å². The number of furan rings is 1. The highest BCUT2D eigenvalue weighted by atomic mass is 79.9. The molecule has 1 atom stereocenters. The molecule has 2 heterocycles. The molecule has 1 aromatic heterocycles. The SMILES string of the molecule is CCN(CC)CCN1C(=O)C(O)=C(C(=O)c2cc3cc(Br)ccc3o2)C1c1ccc(OC)c(OC)c1. The quantitative estimate of drug-likeness (QED) is 0.346. The number of Topliss-reactive ketones (excluding diaryl/α,β-unsaturated/α-hetero) is 1. The third-order valence-electron chi connectivity index (χ3n) is 6.53. The molecule has 0 radical (unpaired) electrons. The number of amides is 1. The van der Waals surface area contributed by atoms with Gasteiger partial charge in [0.25, 0.3) is 5.91 Å². The van der Waals surface area contributed by atoms with E-state index in [0.717, 1.165) is 22.9 Å². The van der Waals surface area contributed by atoms with E-state index in [0.29, 0.717) is 35.7 Å². The molecule has 1 unspecified atom stereocenters. The molecule has 1 amide bonds. The van der Waals surface area contributed by atoms with E-state index >= 15 is 0 Å². The number of carbonyl (C=O) groups is 2. The molecular formula is C27H29BrN2O6. The molecule has 8 nitrogen and oxygen atoms in total. The second kappa shape index (κ2) is 10.8. The van der Waals surface area contributed by atoms with Gasteiger partial charge in [0.1, 0.15) is 5.58 Å². The van der Waals surface area contributed by atoms with Crippen molar-refractivity contribution in [2.45, 2.75) is 19.9 Å². The lowest BCUT2D eigenvalue weighted by Gasteiger charge is -2.29. The van der Waals surface area contributed by atoms with Crippen molar-refractivity contribution < 1.29 is 28.6 Å². The van der Waals surface area contributed by atoms with Gasteiger partial charge >= 0.3 is 0 Å². The van der Waals surface area contributed by atoms with Crippen LogP contribution in [0.4, 0.5) is 0 Å². The van der Waals surface area contributed by atoms with Crippen LogP contribution >= 0.6 is 15.9 Å². The molecule has 2 aromatic carbocycles. The Morgan fingerprint density at radius 1 is 1.08 bits per heavy atom. The lowest BCUT2D eigenvalue weighted by Crippen LogP contribution is -2.38. The molecule has 4 rings (SSSR count). The van der Waals surface area contributed by atoms with Crippen LogP contribution in [0.15, 0.2) is 62.7 Å². The van der Waals surface area contributed by atoms with Crippen LogP contribution in [-0.4, -0.2) is 67.0 Å². The number of nitrogens with zero attached hydrogens (tertiary/aromatic N) is 2. The summed E-state index contributed by atoms with van der Waals surface area (Å²) in [6.45, 7) is 6.65. The first-order valence-corrected chi connectivity index (χ1v) is 12.5. The number of ketones is 1. The lowest BCUT2D eigenvalue weighted by molar-refractivity contribution is -0.129. The molecule has 1 N–H and O–H groups in total.